The lowest BCUT2D eigenvalue weighted by atomic mass is 9.98. The molecule has 1 heterocycles. The van der Waals surface area contributed by atoms with E-state index in [1.807, 2.05) is 38.1 Å². The highest BCUT2D eigenvalue weighted by atomic mass is 16.6. The number of aliphatic hydroxyl groups is 2. The molecule has 13 heteroatoms. The van der Waals surface area contributed by atoms with Gasteiger partial charge in [0.15, 0.2) is 0 Å². The van der Waals surface area contributed by atoms with Gasteiger partial charge in [-0.05, 0) is 61.1 Å². The molecule has 2 atom stereocenters. The molecule has 0 saturated carbocycles. The third kappa shape index (κ3) is 12.7. The topological polar surface area (TPSA) is 220 Å². The minimum atomic E-state index is -0.564. The zero-order chi connectivity index (χ0) is 35.1. The van der Waals surface area contributed by atoms with E-state index in [0.717, 1.165) is 36.2 Å². The summed E-state index contributed by atoms with van der Waals surface area (Å²) >= 11 is 0. The summed E-state index contributed by atoms with van der Waals surface area (Å²) in [5.41, 5.74) is 21.6. The molecule has 4 rings (SSSR count). The van der Waals surface area contributed by atoms with Crippen LogP contribution in [0.1, 0.15) is 59.1 Å². The summed E-state index contributed by atoms with van der Waals surface area (Å²) in [5, 5.41) is 44.1. The molecule has 13 nitrogen and oxygen atoms in total. The van der Waals surface area contributed by atoms with Crippen LogP contribution < -0.4 is 22.5 Å². The number of likely N-dealkylation sites (tertiary alicyclic amines) is 1. The van der Waals surface area contributed by atoms with Crippen LogP contribution in [0.3, 0.4) is 0 Å². The first-order chi connectivity index (χ1) is 22.4. The number of hydrogen-bond acceptors (Lipinski definition) is 11. The number of piperidine rings is 1. The highest BCUT2D eigenvalue weighted by Crippen LogP contribution is 2.28. The summed E-state index contributed by atoms with van der Waals surface area (Å²) in [7, 11) is 0. The number of nitro groups is 2. The van der Waals surface area contributed by atoms with Crippen molar-refractivity contribution in [1.82, 2.24) is 4.90 Å². The lowest BCUT2D eigenvalue weighted by Gasteiger charge is -2.36. The van der Waals surface area contributed by atoms with Crippen LogP contribution in [0.15, 0.2) is 89.9 Å². The molecule has 3 aromatic rings. The van der Waals surface area contributed by atoms with E-state index in [2.05, 4.69) is 34.5 Å². The van der Waals surface area contributed by atoms with Gasteiger partial charge < -0.3 is 32.7 Å². The average molecular weight is 666 g/mol. The molecule has 1 fully saturated rings. The van der Waals surface area contributed by atoms with Gasteiger partial charge in [0.05, 0.1) is 28.3 Å². The van der Waals surface area contributed by atoms with Crippen LogP contribution in [0.5, 0.6) is 0 Å². The molecule has 1 aliphatic heterocycles. The number of nitrogens with zero attached hydrogens (tertiary/aromatic N) is 3. The van der Waals surface area contributed by atoms with Crippen molar-refractivity contribution in [3.05, 3.63) is 121 Å². The van der Waals surface area contributed by atoms with Gasteiger partial charge in [-0.25, -0.2) is 0 Å². The van der Waals surface area contributed by atoms with Crippen LogP contribution in [0.25, 0.3) is 11.1 Å². The number of hydrogen-bond donors (Lipinski definition) is 6. The summed E-state index contributed by atoms with van der Waals surface area (Å²) in [4.78, 5) is 22.7. The number of anilines is 2. The lowest BCUT2D eigenvalue weighted by Crippen LogP contribution is -2.45. The van der Waals surface area contributed by atoms with Gasteiger partial charge in [-0.2, -0.15) is 0 Å². The van der Waals surface area contributed by atoms with Crippen molar-refractivity contribution in [2.24, 2.45) is 11.5 Å². The maximum Gasteiger partial charge on any atom is 0.294 e. The van der Waals surface area contributed by atoms with Gasteiger partial charge in [-0.15, -0.1) is 0 Å². The van der Waals surface area contributed by atoms with Crippen LogP contribution >= 0.6 is 0 Å². The number of nitro benzene ring substituents is 1. The fourth-order valence-electron chi connectivity index (χ4n) is 4.90. The molecule has 2 unspecified atom stereocenters. The largest absolute Gasteiger partial charge is 0.402 e. The van der Waals surface area contributed by atoms with Gasteiger partial charge in [0.2, 0.25) is 0 Å². The van der Waals surface area contributed by atoms with E-state index in [1.54, 1.807) is 19.1 Å². The second kappa shape index (κ2) is 20.3. The van der Waals surface area contributed by atoms with Crippen LogP contribution in [-0.4, -0.2) is 50.3 Å². The second-order valence-corrected chi connectivity index (χ2v) is 11.0. The third-order valence-corrected chi connectivity index (χ3v) is 7.31. The van der Waals surface area contributed by atoms with E-state index in [4.69, 9.17) is 17.2 Å². The number of nitrogens with two attached hydrogens (primary N) is 3. The SMILES string of the molecule is C.C/C(N)=C(\C=C(/C)N)[N+](=O)[O-].CC.Nc1ccc(NCc2ccc(-c3ccc(CN4CCC(O)CC4CO)cc3)cc2)c([N+](=O)[O-])c1. The number of rotatable bonds is 10. The van der Waals surface area contributed by atoms with E-state index in [0.29, 0.717) is 30.0 Å². The molecule has 0 radical (unpaired) electrons. The molecule has 0 aliphatic carbocycles. The first-order valence-electron chi connectivity index (χ1n) is 15.4. The normalized spacial score (nSPS) is 16.5. The second-order valence-electron chi connectivity index (χ2n) is 11.0. The van der Waals surface area contributed by atoms with Crippen LogP contribution in [0, 0.1) is 20.2 Å². The van der Waals surface area contributed by atoms with E-state index in [9.17, 15) is 30.4 Å². The Kier molecular flexibility index (Phi) is 17.4. The smallest absolute Gasteiger partial charge is 0.294 e. The van der Waals surface area contributed by atoms with Gasteiger partial charge in [-0.3, -0.25) is 25.1 Å². The Balaban J connectivity index is 0.000000704. The summed E-state index contributed by atoms with van der Waals surface area (Å²) < 4.78 is 0. The van der Waals surface area contributed by atoms with Gasteiger partial charge in [0.25, 0.3) is 11.4 Å². The van der Waals surface area contributed by atoms with E-state index >= 15 is 0 Å². The van der Waals surface area contributed by atoms with Crippen molar-refractivity contribution in [2.45, 2.75) is 73.2 Å². The molecule has 3 aromatic carbocycles. The molecule has 0 amide bonds. The number of allylic oxidation sites excluding steroid dienone is 3. The van der Waals surface area contributed by atoms with Crippen molar-refractivity contribution in [3.63, 3.8) is 0 Å². The first kappa shape index (κ1) is 41.0. The fraction of sp³-hybridized carbons (Fsp3) is 0.371. The number of nitrogens with one attached hydrogen (secondary N) is 1. The van der Waals surface area contributed by atoms with Crippen molar-refractivity contribution in [2.75, 3.05) is 24.2 Å². The van der Waals surface area contributed by atoms with Gasteiger partial charge in [0.1, 0.15) is 5.69 Å². The average Bonchev–Trinajstić information content (AvgIpc) is 3.05. The molecule has 0 aromatic heterocycles. The first-order valence-corrected chi connectivity index (χ1v) is 15.4. The van der Waals surface area contributed by atoms with Crippen LogP contribution in [0.4, 0.5) is 17.1 Å². The van der Waals surface area contributed by atoms with Crippen LogP contribution in [-0.2, 0) is 13.1 Å². The molecular formula is C35H51N7O6. The maximum absolute atomic E-state index is 11.3. The molecular weight excluding hydrogens is 614 g/mol. The summed E-state index contributed by atoms with van der Waals surface area (Å²) in [5.74, 6) is 0. The standard InChI is InChI=1S/C26H30N4O4.C6H11N3O2.C2H6.CH4/c27-22-9-10-25(26(13-22)30(33)34)28-15-18-1-5-20(6-2-18)21-7-3-19(4-8-21)16-29-12-11-24(32)14-23(29)17-31;1-4(7)3-6(5(2)8)9(10)11;1-2;/h1-10,13,23-24,28,31-32H,11-12,14-17,27H2;3H,7-8H2,1-2H3;1-2H3;1H4/b;4-3+,6-5-;;. The molecule has 0 spiro atoms. The van der Waals surface area contributed by atoms with Gasteiger partial charge >= 0.3 is 0 Å². The zero-order valence-electron chi connectivity index (χ0n) is 27.4. The molecule has 1 aliphatic rings. The maximum atomic E-state index is 11.3. The Hall–Kier alpha value is -4.98. The summed E-state index contributed by atoms with van der Waals surface area (Å²) in [6.45, 7) is 9.07. The number of aliphatic hydroxyl groups excluding tert-OH is 2. The fourth-order valence-corrected chi connectivity index (χ4v) is 4.90. The van der Waals surface area contributed by atoms with Crippen molar-refractivity contribution < 1.29 is 20.1 Å². The minimum Gasteiger partial charge on any atom is -0.402 e. The molecule has 9 N–H and O–H groups in total. The highest BCUT2D eigenvalue weighted by Gasteiger charge is 2.26. The monoisotopic (exact) mass is 665 g/mol. The Morgan fingerprint density at radius 2 is 1.54 bits per heavy atom. The van der Waals surface area contributed by atoms with Crippen molar-refractivity contribution in [1.29, 1.82) is 0 Å². The van der Waals surface area contributed by atoms with Crippen molar-refractivity contribution >= 4 is 17.1 Å². The van der Waals surface area contributed by atoms with Gasteiger partial charge in [0, 0.05) is 49.2 Å². The van der Waals surface area contributed by atoms with Gasteiger partial charge in [-0.1, -0.05) is 69.8 Å². The van der Waals surface area contributed by atoms with Crippen LogP contribution in [0.2, 0.25) is 0 Å². The Labute approximate surface area is 283 Å². The molecule has 48 heavy (non-hydrogen) atoms. The quantitative estimate of drug-likeness (QED) is 0.0662. The lowest BCUT2D eigenvalue weighted by molar-refractivity contribution is -0.420. The molecule has 1 saturated heterocycles. The Bertz CT molecular complexity index is 1520. The summed E-state index contributed by atoms with van der Waals surface area (Å²) in [6, 6.07) is 21.1. The van der Waals surface area contributed by atoms with E-state index in [1.165, 1.54) is 24.6 Å². The highest BCUT2D eigenvalue weighted by molar-refractivity contribution is 5.67. The zero-order valence-corrected chi connectivity index (χ0v) is 27.4. The van der Waals surface area contributed by atoms with E-state index < -0.39 is 9.85 Å². The number of nitrogen functional groups attached to an aromatic ring is 1. The molecule has 0 bridgehead atoms. The predicted molar refractivity (Wildman–Crippen MR) is 193 cm³/mol. The minimum absolute atomic E-state index is 0. The molecule has 262 valence electrons. The van der Waals surface area contributed by atoms with Crippen molar-refractivity contribution in [3.8, 4) is 11.1 Å². The Morgan fingerprint density at radius 1 is 0.979 bits per heavy atom. The van der Waals surface area contributed by atoms with E-state index in [-0.39, 0.29) is 43.3 Å². The predicted octanol–water partition coefficient (Wildman–Crippen LogP) is 5.75. The summed E-state index contributed by atoms with van der Waals surface area (Å²) in [6.07, 6.45) is 2.26. The number of benzene rings is 3. The third-order valence-electron chi connectivity index (χ3n) is 7.31. The Morgan fingerprint density at radius 3 is 2.00 bits per heavy atom.